The Kier molecular flexibility index (Phi) is 7.58. The van der Waals surface area contributed by atoms with Crippen molar-refractivity contribution in [2.45, 2.75) is 20.8 Å². The van der Waals surface area contributed by atoms with Crippen LogP contribution < -0.4 is 15.5 Å². The fourth-order valence-corrected chi connectivity index (χ4v) is 2.91. The normalized spacial score (nSPS) is 11.0. The molecular weight excluding hydrogens is 442 g/mol. The largest absolute Gasteiger partial charge is 0.423 e. The Morgan fingerprint density at radius 2 is 1.48 bits per heavy atom. The summed E-state index contributed by atoms with van der Waals surface area (Å²) in [6.07, 6.45) is 0. The number of rotatable bonds is 5. The van der Waals surface area contributed by atoms with Crippen molar-refractivity contribution in [3.63, 3.8) is 0 Å². The van der Waals surface area contributed by atoms with E-state index in [1.807, 2.05) is 26.0 Å². The number of hydrogen-bond donors (Lipinski definition) is 2. The number of amides is 2. The van der Waals surface area contributed by atoms with Gasteiger partial charge in [0.05, 0.1) is 11.3 Å². The van der Waals surface area contributed by atoms with Crippen LogP contribution in [0.3, 0.4) is 0 Å². The van der Waals surface area contributed by atoms with Crippen LogP contribution >= 0.6 is 11.6 Å². The molecule has 0 radical (unpaired) electrons. The Labute approximate surface area is 196 Å². The van der Waals surface area contributed by atoms with Crippen LogP contribution in [0.2, 0.25) is 5.02 Å². The molecule has 0 spiro atoms. The van der Waals surface area contributed by atoms with Crippen LogP contribution in [-0.2, 0) is 9.59 Å². The highest BCUT2D eigenvalue weighted by Crippen LogP contribution is 2.20. The minimum absolute atomic E-state index is 0.372. The van der Waals surface area contributed by atoms with E-state index in [1.165, 1.54) is 0 Å². The number of hydrazone groups is 1. The van der Waals surface area contributed by atoms with E-state index in [4.69, 9.17) is 16.3 Å². The molecule has 0 aliphatic rings. The summed E-state index contributed by atoms with van der Waals surface area (Å²) in [6, 6.07) is 18.6. The Hall–Kier alpha value is -3.97. The standard InChI is InChI=1S/C25H22ClN3O4/c1-15-4-7-19(8-5-15)25(32)33-21-12-9-18(10-13-21)17(3)28-29-24(31)23(30)27-20-11-6-16(2)22(26)14-20/h4-14H,1-3H3,(H,27,30)(H,29,31)/b28-17+. The number of nitrogens with zero attached hydrogens (tertiary/aromatic N) is 1. The van der Waals surface area contributed by atoms with Crippen molar-refractivity contribution in [2.24, 2.45) is 5.10 Å². The highest BCUT2D eigenvalue weighted by Gasteiger charge is 2.14. The van der Waals surface area contributed by atoms with Gasteiger partial charge in [-0.25, -0.2) is 10.2 Å². The fourth-order valence-electron chi connectivity index (χ4n) is 2.73. The van der Waals surface area contributed by atoms with E-state index in [0.717, 1.165) is 11.1 Å². The number of halogens is 1. The first-order valence-corrected chi connectivity index (χ1v) is 10.4. The highest BCUT2D eigenvalue weighted by molar-refractivity contribution is 6.40. The maximum Gasteiger partial charge on any atom is 0.343 e. The summed E-state index contributed by atoms with van der Waals surface area (Å²) in [5, 5.41) is 6.90. The van der Waals surface area contributed by atoms with E-state index in [-0.39, 0.29) is 0 Å². The monoisotopic (exact) mass is 463 g/mol. The maximum atomic E-state index is 12.2. The molecule has 0 aliphatic heterocycles. The lowest BCUT2D eigenvalue weighted by molar-refractivity contribution is -0.136. The molecule has 0 fully saturated rings. The van der Waals surface area contributed by atoms with Gasteiger partial charge in [-0.05, 0) is 80.4 Å². The molecule has 0 unspecified atom stereocenters. The van der Waals surface area contributed by atoms with Crippen LogP contribution in [0.4, 0.5) is 5.69 Å². The maximum absolute atomic E-state index is 12.2. The van der Waals surface area contributed by atoms with Gasteiger partial charge in [0.25, 0.3) is 0 Å². The van der Waals surface area contributed by atoms with Crippen molar-refractivity contribution in [1.29, 1.82) is 0 Å². The summed E-state index contributed by atoms with van der Waals surface area (Å²) in [7, 11) is 0. The topological polar surface area (TPSA) is 96.9 Å². The van der Waals surface area contributed by atoms with E-state index in [9.17, 15) is 14.4 Å². The van der Waals surface area contributed by atoms with Gasteiger partial charge < -0.3 is 10.1 Å². The summed E-state index contributed by atoms with van der Waals surface area (Å²) in [5.41, 5.74) is 6.13. The lowest BCUT2D eigenvalue weighted by Crippen LogP contribution is -2.32. The third kappa shape index (κ3) is 6.51. The van der Waals surface area contributed by atoms with Gasteiger partial charge >= 0.3 is 17.8 Å². The molecule has 3 aromatic carbocycles. The zero-order valence-corrected chi connectivity index (χ0v) is 19.1. The minimum atomic E-state index is -0.922. The summed E-state index contributed by atoms with van der Waals surface area (Å²) in [4.78, 5) is 36.3. The molecule has 0 heterocycles. The van der Waals surface area contributed by atoms with Crippen molar-refractivity contribution >= 4 is 40.8 Å². The fraction of sp³-hybridized carbons (Fsp3) is 0.120. The summed E-state index contributed by atoms with van der Waals surface area (Å²) >= 11 is 6.02. The zero-order chi connectivity index (χ0) is 24.0. The van der Waals surface area contributed by atoms with Gasteiger partial charge in [0.15, 0.2) is 0 Å². The lowest BCUT2D eigenvalue weighted by atomic mass is 10.1. The molecule has 0 saturated heterocycles. The van der Waals surface area contributed by atoms with Crippen LogP contribution in [0.25, 0.3) is 0 Å². The van der Waals surface area contributed by atoms with E-state index < -0.39 is 17.8 Å². The van der Waals surface area contributed by atoms with Gasteiger partial charge in [0, 0.05) is 10.7 Å². The van der Waals surface area contributed by atoms with Crippen LogP contribution in [0.1, 0.15) is 34.0 Å². The number of aryl methyl sites for hydroxylation is 2. The van der Waals surface area contributed by atoms with Gasteiger partial charge in [-0.2, -0.15) is 5.10 Å². The Balaban J connectivity index is 1.56. The average Bonchev–Trinajstić information content (AvgIpc) is 2.80. The summed E-state index contributed by atoms with van der Waals surface area (Å²) < 4.78 is 5.37. The molecular formula is C25H22ClN3O4. The second-order valence-electron chi connectivity index (χ2n) is 7.34. The molecule has 8 heteroatoms. The molecule has 2 N–H and O–H groups in total. The van der Waals surface area contributed by atoms with Gasteiger partial charge in [-0.1, -0.05) is 35.4 Å². The van der Waals surface area contributed by atoms with Crippen molar-refractivity contribution in [3.8, 4) is 5.75 Å². The third-order valence-corrected chi connectivity index (χ3v) is 5.14. The van der Waals surface area contributed by atoms with Gasteiger partial charge in [-0.3, -0.25) is 9.59 Å². The molecule has 0 atom stereocenters. The first-order chi connectivity index (χ1) is 15.7. The Morgan fingerprint density at radius 3 is 2.12 bits per heavy atom. The predicted octanol–water partition coefficient (Wildman–Crippen LogP) is 4.65. The van der Waals surface area contributed by atoms with Crippen LogP contribution in [0.15, 0.2) is 71.8 Å². The Morgan fingerprint density at radius 1 is 0.848 bits per heavy atom. The number of hydrogen-bond acceptors (Lipinski definition) is 5. The van der Waals surface area contributed by atoms with Crippen LogP contribution in [0, 0.1) is 13.8 Å². The number of anilines is 1. The molecule has 2 amide bonds. The number of esters is 1. The number of ether oxygens (including phenoxy) is 1. The molecule has 0 bridgehead atoms. The van der Waals surface area contributed by atoms with Crippen molar-refractivity contribution in [2.75, 3.05) is 5.32 Å². The molecule has 0 aromatic heterocycles. The minimum Gasteiger partial charge on any atom is -0.423 e. The second-order valence-corrected chi connectivity index (χ2v) is 7.74. The number of carbonyl (C=O) groups excluding carboxylic acids is 3. The quantitative estimate of drug-likeness (QED) is 0.189. The van der Waals surface area contributed by atoms with Gasteiger partial charge in [0.2, 0.25) is 0 Å². The first-order valence-electron chi connectivity index (χ1n) is 10.0. The molecule has 7 nitrogen and oxygen atoms in total. The molecule has 3 aromatic rings. The first kappa shape index (κ1) is 23.7. The van der Waals surface area contributed by atoms with Crippen molar-refractivity contribution in [3.05, 3.63) is 94.0 Å². The Bertz CT molecular complexity index is 1220. The van der Waals surface area contributed by atoms with E-state index in [0.29, 0.717) is 33.3 Å². The predicted molar refractivity (Wildman–Crippen MR) is 128 cm³/mol. The molecule has 168 valence electrons. The van der Waals surface area contributed by atoms with Crippen molar-refractivity contribution in [1.82, 2.24) is 5.43 Å². The zero-order valence-electron chi connectivity index (χ0n) is 18.3. The number of carbonyl (C=O) groups is 3. The molecule has 0 saturated carbocycles. The lowest BCUT2D eigenvalue weighted by Gasteiger charge is -2.07. The molecule has 33 heavy (non-hydrogen) atoms. The molecule has 3 rings (SSSR count). The third-order valence-electron chi connectivity index (χ3n) is 4.73. The SMILES string of the molecule is C/C(=N\NC(=O)C(=O)Nc1ccc(C)c(Cl)c1)c1ccc(OC(=O)c2ccc(C)cc2)cc1. The van der Waals surface area contributed by atoms with Crippen molar-refractivity contribution < 1.29 is 19.1 Å². The molecule has 0 aliphatic carbocycles. The van der Waals surface area contributed by atoms with E-state index >= 15 is 0 Å². The number of nitrogens with one attached hydrogen (secondary N) is 2. The summed E-state index contributed by atoms with van der Waals surface area (Å²) in [5.74, 6) is -1.88. The van der Waals surface area contributed by atoms with E-state index in [1.54, 1.807) is 61.5 Å². The van der Waals surface area contributed by atoms with Gasteiger partial charge in [-0.15, -0.1) is 0 Å². The van der Waals surface area contributed by atoms with E-state index in [2.05, 4.69) is 15.8 Å². The average molecular weight is 464 g/mol. The van der Waals surface area contributed by atoms with Gasteiger partial charge in [0.1, 0.15) is 5.75 Å². The number of benzene rings is 3. The van der Waals surface area contributed by atoms with Crippen LogP contribution in [0.5, 0.6) is 5.75 Å². The second kappa shape index (κ2) is 10.6. The smallest absolute Gasteiger partial charge is 0.343 e. The highest BCUT2D eigenvalue weighted by atomic mass is 35.5. The summed E-state index contributed by atoms with van der Waals surface area (Å²) in [6.45, 7) is 5.44. The van der Waals surface area contributed by atoms with Crippen LogP contribution in [-0.4, -0.2) is 23.5 Å².